The van der Waals surface area contributed by atoms with E-state index in [4.69, 9.17) is 13.3 Å². The van der Waals surface area contributed by atoms with E-state index < -0.39 is 21.0 Å². The van der Waals surface area contributed by atoms with E-state index in [0.29, 0.717) is 18.6 Å². The Morgan fingerprint density at radius 2 is 2.00 bits per heavy atom. The smallest absolute Gasteiger partial charge is 0.336 e. The molecule has 0 amide bonds. The molecule has 0 aliphatic rings. The molecule has 0 bridgehead atoms. The van der Waals surface area contributed by atoms with Gasteiger partial charge in [0.2, 0.25) is 0 Å². The average Bonchev–Trinajstić information content (AvgIpc) is 2.51. The van der Waals surface area contributed by atoms with Crippen LogP contribution in [-0.2, 0) is 21.3 Å². The molecule has 0 N–H and O–H groups in total. The van der Waals surface area contributed by atoms with Crippen molar-refractivity contribution in [2.45, 2.75) is 38.4 Å². The zero-order valence-corrected chi connectivity index (χ0v) is 14.9. The minimum absolute atomic E-state index is 0.128. The molecule has 0 saturated heterocycles. The molecular weight excluding hydrogens is 332 g/mol. The lowest BCUT2D eigenvalue weighted by Gasteiger charge is -2.13. The summed E-state index contributed by atoms with van der Waals surface area (Å²) in [6.07, 6.45) is 1.97. The maximum Gasteiger partial charge on any atom is 0.336 e. The van der Waals surface area contributed by atoms with Crippen LogP contribution in [0.3, 0.4) is 0 Å². The Labute approximate surface area is 141 Å². The highest BCUT2D eigenvalue weighted by Gasteiger charge is 2.23. The molecule has 24 heavy (non-hydrogen) atoms. The highest BCUT2D eigenvalue weighted by Crippen LogP contribution is 2.25. The van der Waals surface area contributed by atoms with Crippen LogP contribution in [0, 0.1) is 0 Å². The number of methoxy groups -OCH3 is 1. The lowest BCUT2D eigenvalue weighted by atomic mass is 10.1. The van der Waals surface area contributed by atoms with E-state index in [9.17, 15) is 13.2 Å². The molecule has 0 saturated carbocycles. The van der Waals surface area contributed by atoms with E-state index in [1.807, 2.05) is 6.92 Å². The Bertz CT molecular complexity index is 853. The summed E-state index contributed by atoms with van der Waals surface area (Å²) < 4.78 is 39.7. The van der Waals surface area contributed by atoms with Crippen LogP contribution in [0.2, 0.25) is 0 Å². The van der Waals surface area contributed by atoms with Crippen molar-refractivity contribution >= 4 is 21.1 Å². The standard InChI is InChI=1S/C17H22O6S/c1-4-5-13-10-17(18)22-16-11-14(6-7-15(13)16)23-24(19,20)12(2)8-9-21-3/h6-7,10-12H,4-5,8-9H2,1-3H3/t12-/m1/s1. The molecule has 0 fully saturated rings. The average molecular weight is 354 g/mol. The Hall–Kier alpha value is -1.86. The third kappa shape index (κ3) is 4.36. The fourth-order valence-electron chi connectivity index (χ4n) is 2.38. The van der Waals surface area contributed by atoms with Gasteiger partial charge in [0.15, 0.2) is 0 Å². The minimum atomic E-state index is -3.78. The summed E-state index contributed by atoms with van der Waals surface area (Å²) in [6.45, 7) is 3.91. The van der Waals surface area contributed by atoms with E-state index in [1.165, 1.54) is 19.2 Å². The van der Waals surface area contributed by atoms with Gasteiger partial charge in [-0.15, -0.1) is 0 Å². The van der Waals surface area contributed by atoms with Gasteiger partial charge in [0, 0.05) is 31.2 Å². The van der Waals surface area contributed by atoms with Gasteiger partial charge in [-0.3, -0.25) is 0 Å². The summed E-state index contributed by atoms with van der Waals surface area (Å²) in [5.41, 5.74) is 0.745. The maximum absolute atomic E-state index is 12.2. The van der Waals surface area contributed by atoms with Crippen molar-refractivity contribution in [2.24, 2.45) is 0 Å². The predicted molar refractivity (Wildman–Crippen MR) is 92.0 cm³/mol. The first-order valence-electron chi connectivity index (χ1n) is 7.86. The van der Waals surface area contributed by atoms with Gasteiger partial charge < -0.3 is 13.3 Å². The van der Waals surface area contributed by atoms with E-state index in [-0.39, 0.29) is 5.75 Å². The van der Waals surface area contributed by atoms with Crippen LogP contribution in [0.25, 0.3) is 11.0 Å². The molecule has 1 atom stereocenters. The van der Waals surface area contributed by atoms with Crippen molar-refractivity contribution < 1.29 is 21.8 Å². The molecule has 1 heterocycles. The maximum atomic E-state index is 12.2. The summed E-state index contributed by atoms with van der Waals surface area (Å²) in [4.78, 5) is 11.7. The number of rotatable bonds is 8. The molecule has 2 aromatic rings. The Balaban J connectivity index is 2.32. The SMILES string of the molecule is CCCc1cc(=O)oc2cc(OS(=O)(=O)[C@H](C)CCOC)ccc12. The number of benzene rings is 1. The summed E-state index contributed by atoms with van der Waals surface area (Å²) >= 11 is 0. The second kappa shape index (κ2) is 7.81. The fourth-order valence-corrected chi connectivity index (χ4v) is 3.30. The van der Waals surface area contributed by atoms with E-state index in [2.05, 4.69) is 0 Å². The number of hydrogen-bond acceptors (Lipinski definition) is 6. The summed E-state index contributed by atoms with van der Waals surface area (Å²) in [6, 6.07) is 6.20. The van der Waals surface area contributed by atoms with Crippen LogP contribution in [0.4, 0.5) is 0 Å². The van der Waals surface area contributed by atoms with Crippen molar-refractivity contribution in [3.05, 3.63) is 40.2 Å². The second-order valence-electron chi connectivity index (χ2n) is 5.67. The molecule has 132 valence electrons. The second-order valence-corrected chi connectivity index (χ2v) is 7.62. The molecule has 0 spiro atoms. The van der Waals surface area contributed by atoms with Crippen molar-refractivity contribution in [3.8, 4) is 5.75 Å². The molecule has 0 unspecified atom stereocenters. The van der Waals surface area contributed by atoms with Crippen LogP contribution in [0.5, 0.6) is 5.75 Å². The van der Waals surface area contributed by atoms with E-state index >= 15 is 0 Å². The van der Waals surface area contributed by atoms with E-state index in [0.717, 1.165) is 23.8 Å². The van der Waals surface area contributed by atoms with Gasteiger partial charge in [0.25, 0.3) is 0 Å². The van der Waals surface area contributed by atoms with Crippen molar-refractivity contribution in [3.63, 3.8) is 0 Å². The molecule has 0 aliphatic heterocycles. The quantitative estimate of drug-likeness (QED) is 0.535. The first-order chi connectivity index (χ1) is 11.4. The van der Waals surface area contributed by atoms with Gasteiger partial charge >= 0.3 is 15.7 Å². The topological polar surface area (TPSA) is 82.8 Å². The zero-order valence-electron chi connectivity index (χ0n) is 14.1. The minimum Gasteiger partial charge on any atom is -0.423 e. The van der Waals surface area contributed by atoms with Gasteiger partial charge in [-0.2, -0.15) is 8.42 Å². The molecule has 2 rings (SSSR count). The largest absolute Gasteiger partial charge is 0.423 e. The first-order valence-corrected chi connectivity index (χ1v) is 9.33. The predicted octanol–water partition coefficient (Wildman–Crippen LogP) is 2.88. The number of fused-ring (bicyclic) bond motifs is 1. The molecule has 6 nitrogen and oxygen atoms in total. The third-order valence-electron chi connectivity index (χ3n) is 3.75. The fraction of sp³-hybridized carbons (Fsp3) is 0.471. The normalized spacial score (nSPS) is 13.1. The number of ether oxygens (including phenoxy) is 1. The van der Waals surface area contributed by atoms with Gasteiger partial charge in [0.05, 0.1) is 5.25 Å². The van der Waals surface area contributed by atoms with Crippen molar-refractivity contribution in [2.75, 3.05) is 13.7 Å². The van der Waals surface area contributed by atoms with Crippen LogP contribution < -0.4 is 9.81 Å². The summed E-state index contributed by atoms with van der Waals surface area (Å²) in [5, 5.41) is 0.0835. The zero-order chi connectivity index (χ0) is 17.7. The van der Waals surface area contributed by atoms with Crippen molar-refractivity contribution in [1.82, 2.24) is 0 Å². The highest BCUT2D eigenvalue weighted by molar-refractivity contribution is 7.87. The molecule has 7 heteroatoms. The monoisotopic (exact) mass is 354 g/mol. The summed E-state index contributed by atoms with van der Waals surface area (Å²) in [5.74, 6) is 0.128. The molecule has 0 aliphatic carbocycles. The Kier molecular flexibility index (Phi) is 6.01. The number of aryl methyl sites for hydroxylation is 1. The lowest BCUT2D eigenvalue weighted by molar-refractivity contribution is 0.194. The van der Waals surface area contributed by atoms with Gasteiger partial charge in [-0.25, -0.2) is 4.79 Å². The van der Waals surface area contributed by atoms with Crippen LogP contribution >= 0.6 is 0 Å². The van der Waals surface area contributed by atoms with Crippen LogP contribution in [0.1, 0.15) is 32.3 Å². The Morgan fingerprint density at radius 1 is 1.25 bits per heavy atom. The highest BCUT2D eigenvalue weighted by atomic mass is 32.2. The van der Waals surface area contributed by atoms with Crippen molar-refractivity contribution in [1.29, 1.82) is 0 Å². The van der Waals surface area contributed by atoms with E-state index in [1.54, 1.807) is 19.1 Å². The molecule has 0 radical (unpaired) electrons. The van der Waals surface area contributed by atoms with Crippen LogP contribution in [0.15, 0.2) is 33.5 Å². The molecular formula is C17H22O6S. The third-order valence-corrected chi connectivity index (χ3v) is 5.40. The number of hydrogen-bond donors (Lipinski definition) is 0. The van der Waals surface area contributed by atoms with Gasteiger partial charge in [-0.05, 0) is 37.5 Å². The van der Waals surface area contributed by atoms with Gasteiger partial charge in [0.1, 0.15) is 11.3 Å². The first kappa shape index (κ1) is 18.5. The lowest BCUT2D eigenvalue weighted by Crippen LogP contribution is -2.24. The summed E-state index contributed by atoms with van der Waals surface area (Å²) in [7, 11) is -2.27. The Morgan fingerprint density at radius 3 is 2.67 bits per heavy atom. The molecule has 1 aromatic carbocycles. The van der Waals surface area contributed by atoms with Gasteiger partial charge in [-0.1, -0.05) is 13.3 Å². The van der Waals surface area contributed by atoms with Crippen LogP contribution in [-0.4, -0.2) is 27.4 Å². The molecule has 1 aromatic heterocycles.